The number of nitrogens with two attached hydrogens (primary N) is 1. The van der Waals surface area contributed by atoms with E-state index in [4.69, 9.17) is 5.73 Å². The number of H-pyrrole nitrogens is 1. The monoisotopic (exact) mass is 230 g/mol. The predicted molar refractivity (Wildman–Crippen MR) is 68.7 cm³/mol. The van der Waals surface area contributed by atoms with E-state index in [0.717, 1.165) is 36.2 Å². The maximum Gasteiger partial charge on any atom is 0.124 e. The zero-order chi connectivity index (χ0) is 11.8. The summed E-state index contributed by atoms with van der Waals surface area (Å²) in [5, 5.41) is 0. The van der Waals surface area contributed by atoms with Gasteiger partial charge in [0.2, 0.25) is 0 Å². The number of aromatic nitrogens is 2. The standard InChI is InChI=1S/C13H18N4/c1-17-7-6-9(14)8-12(17)13-15-10-4-2-3-5-11(10)16-13/h2-5,9,12H,6-8,14H2,1H3,(H,15,16)/t9-,12?/m1/s1. The molecule has 1 aliphatic heterocycles. The summed E-state index contributed by atoms with van der Waals surface area (Å²) in [6, 6.07) is 8.77. The normalized spacial score (nSPS) is 26.5. The van der Waals surface area contributed by atoms with E-state index >= 15 is 0 Å². The van der Waals surface area contributed by atoms with Crippen LogP contribution < -0.4 is 5.73 Å². The van der Waals surface area contributed by atoms with Crippen molar-refractivity contribution in [2.45, 2.75) is 24.9 Å². The lowest BCUT2D eigenvalue weighted by Gasteiger charge is -2.34. The number of nitrogens with zero attached hydrogens (tertiary/aromatic N) is 2. The van der Waals surface area contributed by atoms with Gasteiger partial charge in [-0.25, -0.2) is 4.98 Å². The van der Waals surface area contributed by atoms with Gasteiger partial charge in [-0.3, -0.25) is 4.90 Å². The van der Waals surface area contributed by atoms with Gasteiger partial charge in [-0.05, 0) is 32.0 Å². The van der Waals surface area contributed by atoms with Crippen LogP contribution in [-0.4, -0.2) is 34.5 Å². The lowest BCUT2D eigenvalue weighted by atomic mass is 9.98. The van der Waals surface area contributed by atoms with Gasteiger partial charge < -0.3 is 10.7 Å². The third kappa shape index (κ3) is 1.94. The van der Waals surface area contributed by atoms with Crippen LogP contribution in [0, 0.1) is 0 Å². The highest BCUT2D eigenvalue weighted by atomic mass is 15.2. The van der Waals surface area contributed by atoms with Crippen LogP contribution in [0.1, 0.15) is 24.7 Å². The highest BCUT2D eigenvalue weighted by Crippen LogP contribution is 2.28. The van der Waals surface area contributed by atoms with E-state index in [0.29, 0.717) is 12.1 Å². The van der Waals surface area contributed by atoms with Gasteiger partial charge in [-0.15, -0.1) is 0 Å². The molecule has 0 spiro atoms. The average molecular weight is 230 g/mol. The van der Waals surface area contributed by atoms with Crippen LogP contribution in [0.2, 0.25) is 0 Å². The van der Waals surface area contributed by atoms with Crippen LogP contribution >= 0.6 is 0 Å². The summed E-state index contributed by atoms with van der Waals surface area (Å²) in [6.07, 6.45) is 2.06. The van der Waals surface area contributed by atoms with Crippen molar-refractivity contribution in [2.24, 2.45) is 5.73 Å². The van der Waals surface area contributed by atoms with Gasteiger partial charge >= 0.3 is 0 Å². The molecule has 4 nitrogen and oxygen atoms in total. The van der Waals surface area contributed by atoms with E-state index in [1.54, 1.807) is 0 Å². The first-order chi connectivity index (χ1) is 8.24. The second-order valence-electron chi connectivity index (χ2n) is 4.92. The molecule has 1 fully saturated rings. The number of likely N-dealkylation sites (tertiary alicyclic amines) is 1. The van der Waals surface area contributed by atoms with Crippen molar-refractivity contribution < 1.29 is 0 Å². The molecule has 0 aliphatic carbocycles. The minimum absolute atomic E-state index is 0.296. The Labute approximate surface area is 101 Å². The van der Waals surface area contributed by atoms with Crippen LogP contribution in [0.15, 0.2) is 24.3 Å². The fraction of sp³-hybridized carbons (Fsp3) is 0.462. The first-order valence-corrected chi connectivity index (χ1v) is 6.14. The minimum Gasteiger partial charge on any atom is -0.341 e. The molecule has 90 valence electrons. The molecule has 4 heteroatoms. The van der Waals surface area contributed by atoms with E-state index < -0.39 is 0 Å². The lowest BCUT2D eigenvalue weighted by Crippen LogP contribution is -2.40. The van der Waals surface area contributed by atoms with E-state index in [2.05, 4.69) is 28.0 Å². The van der Waals surface area contributed by atoms with E-state index in [9.17, 15) is 0 Å². The largest absolute Gasteiger partial charge is 0.341 e. The number of rotatable bonds is 1. The number of benzene rings is 1. The summed E-state index contributed by atoms with van der Waals surface area (Å²) < 4.78 is 0. The molecule has 1 aliphatic rings. The summed E-state index contributed by atoms with van der Waals surface area (Å²) in [7, 11) is 2.14. The molecule has 0 bridgehead atoms. The number of hydrogen-bond acceptors (Lipinski definition) is 3. The maximum absolute atomic E-state index is 6.05. The van der Waals surface area contributed by atoms with Crippen molar-refractivity contribution in [3.05, 3.63) is 30.1 Å². The van der Waals surface area contributed by atoms with E-state index in [1.165, 1.54) is 0 Å². The first kappa shape index (κ1) is 10.7. The van der Waals surface area contributed by atoms with Crippen molar-refractivity contribution in [1.29, 1.82) is 0 Å². The summed E-state index contributed by atoms with van der Waals surface area (Å²) in [5.74, 6) is 1.05. The van der Waals surface area contributed by atoms with Crippen molar-refractivity contribution in [3.8, 4) is 0 Å². The predicted octanol–water partition coefficient (Wildman–Crippen LogP) is 1.66. The molecule has 17 heavy (non-hydrogen) atoms. The molecule has 1 aromatic heterocycles. The van der Waals surface area contributed by atoms with Crippen molar-refractivity contribution in [3.63, 3.8) is 0 Å². The molecule has 0 amide bonds. The summed E-state index contributed by atoms with van der Waals surface area (Å²) in [6.45, 7) is 1.04. The van der Waals surface area contributed by atoms with Crippen LogP contribution in [0.5, 0.6) is 0 Å². The smallest absolute Gasteiger partial charge is 0.124 e. The average Bonchev–Trinajstić information content (AvgIpc) is 2.75. The van der Waals surface area contributed by atoms with Crippen molar-refractivity contribution in [2.75, 3.05) is 13.6 Å². The molecule has 3 rings (SSSR count). The summed E-state index contributed by atoms with van der Waals surface area (Å²) in [4.78, 5) is 10.4. The number of aromatic amines is 1. The molecule has 1 unspecified atom stereocenters. The van der Waals surface area contributed by atoms with Gasteiger partial charge in [0.1, 0.15) is 5.82 Å². The fourth-order valence-electron chi connectivity index (χ4n) is 2.56. The van der Waals surface area contributed by atoms with E-state index in [1.807, 2.05) is 18.2 Å². The first-order valence-electron chi connectivity index (χ1n) is 6.14. The molecular weight excluding hydrogens is 212 g/mol. The van der Waals surface area contributed by atoms with Gasteiger partial charge in [0.05, 0.1) is 17.1 Å². The SMILES string of the molecule is CN1CC[C@@H](N)CC1c1nc2ccccc2[nH]1. The van der Waals surface area contributed by atoms with Crippen LogP contribution in [-0.2, 0) is 0 Å². The maximum atomic E-state index is 6.05. The van der Waals surface area contributed by atoms with Gasteiger partial charge in [0.25, 0.3) is 0 Å². The number of hydrogen-bond donors (Lipinski definition) is 2. The molecule has 0 saturated carbocycles. The quantitative estimate of drug-likeness (QED) is 0.783. The number of piperidine rings is 1. The Kier molecular flexibility index (Phi) is 2.61. The fourth-order valence-corrected chi connectivity index (χ4v) is 2.56. The minimum atomic E-state index is 0.296. The van der Waals surface area contributed by atoms with Gasteiger partial charge in [0.15, 0.2) is 0 Å². The number of nitrogens with one attached hydrogen (secondary N) is 1. The highest BCUT2D eigenvalue weighted by molar-refractivity contribution is 5.74. The van der Waals surface area contributed by atoms with Crippen LogP contribution in [0.25, 0.3) is 11.0 Å². The van der Waals surface area contributed by atoms with Gasteiger partial charge in [0, 0.05) is 12.6 Å². The molecule has 2 aromatic rings. The third-order valence-electron chi connectivity index (χ3n) is 3.63. The van der Waals surface area contributed by atoms with Crippen molar-refractivity contribution in [1.82, 2.24) is 14.9 Å². The lowest BCUT2D eigenvalue weighted by molar-refractivity contribution is 0.165. The third-order valence-corrected chi connectivity index (χ3v) is 3.63. The zero-order valence-corrected chi connectivity index (χ0v) is 10.1. The second kappa shape index (κ2) is 4.13. The molecule has 0 radical (unpaired) electrons. The number of imidazole rings is 1. The highest BCUT2D eigenvalue weighted by Gasteiger charge is 2.27. The van der Waals surface area contributed by atoms with Crippen LogP contribution in [0.4, 0.5) is 0 Å². The molecule has 1 aromatic carbocycles. The molecule has 3 N–H and O–H groups in total. The summed E-state index contributed by atoms with van der Waals surface area (Å²) in [5.41, 5.74) is 8.19. The summed E-state index contributed by atoms with van der Waals surface area (Å²) >= 11 is 0. The van der Waals surface area contributed by atoms with Crippen LogP contribution in [0.3, 0.4) is 0 Å². The Bertz CT molecular complexity index is 486. The Morgan fingerprint density at radius 3 is 3.06 bits per heavy atom. The molecular formula is C13H18N4. The number of fused-ring (bicyclic) bond motifs is 1. The molecule has 2 heterocycles. The molecule has 2 atom stereocenters. The molecule has 1 saturated heterocycles. The van der Waals surface area contributed by atoms with Gasteiger partial charge in [-0.1, -0.05) is 12.1 Å². The Hall–Kier alpha value is -1.39. The van der Waals surface area contributed by atoms with Crippen molar-refractivity contribution >= 4 is 11.0 Å². The zero-order valence-electron chi connectivity index (χ0n) is 10.1. The Balaban J connectivity index is 1.96. The van der Waals surface area contributed by atoms with E-state index in [-0.39, 0.29) is 0 Å². The Morgan fingerprint density at radius 2 is 2.24 bits per heavy atom. The topological polar surface area (TPSA) is 57.9 Å². The van der Waals surface area contributed by atoms with Gasteiger partial charge in [-0.2, -0.15) is 0 Å². The Morgan fingerprint density at radius 1 is 1.41 bits per heavy atom. The second-order valence-corrected chi connectivity index (χ2v) is 4.92. The number of para-hydroxylation sites is 2.